The highest BCUT2D eigenvalue weighted by atomic mass is 32.1. The third-order valence-electron chi connectivity index (χ3n) is 2.43. The van der Waals surface area contributed by atoms with E-state index in [0.717, 1.165) is 16.1 Å². The second-order valence-corrected chi connectivity index (χ2v) is 4.67. The average Bonchev–Trinajstić information content (AvgIpc) is 2.61. The van der Waals surface area contributed by atoms with Crippen molar-refractivity contribution in [2.45, 2.75) is 13.3 Å². The van der Waals surface area contributed by atoms with Gasteiger partial charge in [0, 0.05) is 6.42 Å². The van der Waals surface area contributed by atoms with E-state index in [1.54, 1.807) is 12.1 Å². The standard InChI is InChI=1S/C12H11FN2OS/c1-7-11(17-12(14)15-7)9-3-2-8(4-5-16)10(13)6-9/h2-3,5-6H,4H2,1H3,(H2,14,15). The van der Waals surface area contributed by atoms with Gasteiger partial charge in [-0.3, -0.25) is 0 Å². The number of halogens is 1. The zero-order valence-corrected chi connectivity index (χ0v) is 10.1. The van der Waals surface area contributed by atoms with Crippen LogP contribution in [-0.4, -0.2) is 11.3 Å². The van der Waals surface area contributed by atoms with Gasteiger partial charge in [0.25, 0.3) is 0 Å². The van der Waals surface area contributed by atoms with Gasteiger partial charge in [-0.2, -0.15) is 0 Å². The lowest BCUT2D eigenvalue weighted by atomic mass is 10.1. The highest BCUT2D eigenvalue weighted by molar-refractivity contribution is 7.18. The molecule has 0 spiro atoms. The fraction of sp³-hybridized carbons (Fsp3) is 0.167. The molecule has 0 aliphatic rings. The molecule has 0 aliphatic carbocycles. The number of aryl methyl sites for hydroxylation is 1. The minimum absolute atomic E-state index is 0.0932. The number of anilines is 1. The molecule has 0 fully saturated rings. The summed E-state index contributed by atoms with van der Waals surface area (Å²) in [5.41, 5.74) is 7.53. The predicted molar refractivity (Wildman–Crippen MR) is 66.4 cm³/mol. The van der Waals surface area contributed by atoms with E-state index in [4.69, 9.17) is 5.73 Å². The van der Waals surface area contributed by atoms with Crippen LogP contribution in [0.2, 0.25) is 0 Å². The first kappa shape index (κ1) is 11.7. The fourth-order valence-corrected chi connectivity index (χ4v) is 2.46. The van der Waals surface area contributed by atoms with Crippen LogP contribution < -0.4 is 5.73 Å². The summed E-state index contributed by atoms with van der Waals surface area (Å²) >= 11 is 1.33. The molecule has 5 heteroatoms. The van der Waals surface area contributed by atoms with Crippen LogP contribution in [0.15, 0.2) is 18.2 Å². The van der Waals surface area contributed by atoms with Crippen molar-refractivity contribution >= 4 is 22.8 Å². The Morgan fingerprint density at radius 3 is 2.82 bits per heavy atom. The summed E-state index contributed by atoms with van der Waals surface area (Å²) in [6.45, 7) is 1.83. The molecule has 0 saturated heterocycles. The number of carbonyl (C=O) groups excluding carboxylic acids is 1. The number of thiazole rings is 1. The van der Waals surface area contributed by atoms with E-state index in [1.807, 2.05) is 6.92 Å². The third kappa shape index (κ3) is 2.34. The van der Waals surface area contributed by atoms with Crippen LogP contribution in [-0.2, 0) is 11.2 Å². The summed E-state index contributed by atoms with van der Waals surface area (Å²) < 4.78 is 13.7. The summed E-state index contributed by atoms with van der Waals surface area (Å²) in [6, 6.07) is 4.81. The Bertz CT molecular complexity index is 566. The second-order valence-electron chi connectivity index (χ2n) is 3.64. The third-order valence-corrected chi connectivity index (χ3v) is 3.47. The normalized spacial score (nSPS) is 10.5. The molecule has 88 valence electrons. The van der Waals surface area contributed by atoms with E-state index in [-0.39, 0.29) is 12.2 Å². The van der Waals surface area contributed by atoms with Crippen LogP contribution >= 0.6 is 11.3 Å². The molecule has 0 radical (unpaired) electrons. The maximum absolute atomic E-state index is 13.7. The van der Waals surface area contributed by atoms with E-state index in [2.05, 4.69) is 4.98 Å². The molecule has 0 unspecified atom stereocenters. The van der Waals surface area contributed by atoms with Crippen LogP contribution in [0.3, 0.4) is 0 Å². The molecular weight excluding hydrogens is 239 g/mol. The van der Waals surface area contributed by atoms with E-state index >= 15 is 0 Å². The van der Waals surface area contributed by atoms with E-state index < -0.39 is 0 Å². The van der Waals surface area contributed by atoms with Crippen LogP contribution in [0.4, 0.5) is 9.52 Å². The number of hydrogen-bond acceptors (Lipinski definition) is 4. The maximum atomic E-state index is 13.7. The topological polar surface area (TPSA) is 56.0 Å². The molecule has 0 atom stereocenters. The summed E-state index contributed by atoms with van der Waals surface area (Å²) in [7, 11) is 0. The lowest BCUT2D eigenvalue weighted by Crippen LogP contribution is -1.92. The van der Waals surface area contributed by atoms with Gasteiger partial charge in [-0.25, -0.2) is 9.37 Å². The van der Waals surface area contributed by atoms with Crippen molar-refractivity contribution in [1.82, 2.24) is 4.98 Å². The van der Waals surface area contributed by atoms with Gasteiger partial charge in [0.1, 0.15) is 12.1 Å². The van der Waals surface area contributed by atoms with Gasteiger partial charge < -0.3 is 10.5 Å². The molecule has 2 aromatic rings. The number of carbonyl (C=O) groups is 1. The Hall–Kier alpha value is -1.75. The van der Waals surface area contributed by atoms with Crippen molar-refractivity contribution < 1.29 is 9.18 Å². The van der Waals surface area contributed by atoms with Crippen molar-refractivity contribution in [2.75, 3.05) is 5.73 Å². The highest BCUT2D eigenvalue weighted by Crippen LogP contribution is 2.32. The van der Waals surface area contributed by atoms with Crippen LogP contribution in [0.1, 0.15) is 11.3 Å². The Morgan fingerprint density at radius 2 is 2.29 bits per heavy atom. The number of nitrogens with two attached hydrogens (primary N) is 1. The number of hydrogen-bond donors (Lipinski definition) is 1. The summed E-state index contributed by atoms with van der Waals surface area (Å²) in [4.78, 5) is 15.3. The van der Waals surface area contributed by atoms with Crippen LogP contribution in [0, 0.1) is 12.7 Å². The Balaban J connectivity index is 2.44. The van der Waals surface area contributed by atoms with Gasteiger partial charge in [-0.15, -0.1) is 0 Å². The number of rotatable bonds is 3. The lowest BCUT2D eigenvalue weighted by molar-refractivity contribution is -0.107. The molecule has 1 heterocycles. The van der Waals surface area contributed by atoms with E-state index in [9.17, 15) is 9.18 Å². The first-order chi connectivity index (χ1) is 8.11. The average molecular weight is 250 g/mol. The zero-order valence-electron chi connectivity index (χ0n) is 9.24. The summed E-state index contributed by atoms with van der Waals surface area (Å²) in [6.07, 6.45) is 0.782. The molecule has 17 heavy (non-hydrogen) atoms. The van der Waals surface area contributed by atoms with Gasteiger partial charge in [0.05, 0.1) is 10.6 Å². The van der Waals surface area contributed by atoms with E-state index in [1.165, 1.54) is 17.4 Å². The smallest absolute Gasteiger partial charge is 0.180 e. The largest absolute Gasteiger partial charge is 0.375 e. The van der Waals surface area contributed by atoms with Gasteiger partial charge in [0.2, 0.25) is 0 Å². The van der Waals surface area contributed by atoms with Crippen molar-refractivity contribution in [3.05, 3.63) is 35.3 Å². The molecule has 0 amide bonds. The molecule has 2 N–H and O–H groups in total. The Kier molecular flexibility index (Phi) is 3.19. The Labute approximate surface area is 102 Å². The quantitative estimate of drug-likeness (QED) is 0.852. The number of aromatic nitrogens is 1. The molecule has 0 saturated carbocycles. The van der Waals surface area contributed by atoms with Crippen LogP contribution in [0.25, 0.3) is 10.4 Å². The molecule has 1 aromatic carbocycles. The second kappa shape index (κ2) is 4.63. The van der Waals surface area contributed by atoms with Crippen molar-refractivity contribution in [3.63, 3.8) is 0 Å². The molecule has 3 nitrogen and oxygen atoms in total. The minimum Gasteiger partial charge on any atom is -0.375 e. The molecule has 1 aromatic heterocycles. The van der Waals surface area contributed by atoms with E-state index in [0.29, 0.717) is 17.0 Å². The zero-order chi connectivity index (χ0) is 12.4. The van der Waals surface area contributed by atoms with Crippen molar-refractivity contribution in [3.8, 4) is 10.4 Å². The van der Waals surface area contributed by atoms with Crippen molar-refractivity contribution in [1.29, 1.82) is 0 Å². The monoisotopic (exact) mass is 250 g/mol. The first-order valence-electron chi connectivity index (χ1n) is 5.07. The number of benzene rings is 1. The lowest BCUT2D eigenvalue weighted by Gasteiger charge is -2.02. The molecule has 0 bridgehead atoms. The Morgan fingerprint density at radius 1 is 1.53 bits per heavy atom. The summed E-state index contributed by atoms with van der Waals surface area (Å²) in [5, 5.41) is 0.467. The van der Waals surface area contributed by atoms with Gasteiger partial charge in [-0.1, -0.05) is 23.5 Å². The number of nitrogens with zero attached hydrogens (tertiary/aromatic N) is 1. The number of aldehydes is 1. The van der Waals surface area contributed by atoms with Gasteiger partial charge in [0.15, 0.2) is 5.13 Å². The molecular formula is C12H11FN2OS. The number of nitrogen functional groups attached to an aromatic ring is 1. The minimum atomic E-state index is -0.374. The molecule has 2 rings (SSSR count). The maximum Gasteiger partial charge on any atom is 0.180 e. The van der Waals surface area contributed by atoms with Crippen molar-refractivity contribution in [2.24, 2.45) is 0 Å². The van der Waals surface area contributed by atoms with Gasteiger partial charge >= 0.3 is 0 Å². The first-order valence-corrected chi connectivity index (χ1v) is 5.89. The van der Waals surface area contributed by atoms with Crippen LogP contribution in [0.5, 0.6) is 0 Å². The van der Waals surface area contributed by atoms with Gasteiger partial charge in [-0.05, 0) is 24.1 Å². The summed E-state index contributed by atoms with van der Waals surface area (Å²) in [5.74, 6) is -0.374. The molecule has 0 aliphatic heterocycles. The fourth-order valence-electron chi connectivity index (χ4n) is 1.63. The predicted octanol–water partition coefficient (Wildman–Crippen LogP) is 2.58. The highest BCUT2D eigenvalue weighted by Gasteiger charge is 2.10. The SMILES string of the molecule is Cc1nc(N)sc1-c1ccc(CC=O)c(F)c1.